The van der Waals surface area contributed by atoms with Gasteiger partial charge in [-0.25, -0.2) is 4.39 Å². The first-order valence-corrected chi connectivity index (χ1v) is 5.97. The molecule has 1 aromatic carbocycles. The molecular weight excluding hydrogens is 253 g/mol. The van der Waals surface area contributed by atoms with E-state index < -0.39 is 17.8 Å². The molecule has 1 fully saturated rings. The van der Waals surface area contributed by atoms with Gasteiger partial charge in [0.1, 0.15) is 18.2 Å². The second-order valence-corrected chi connectivity index (χ2v) is 4.38. The summed E-state index contributed by atoms with van der Waals surface area (Å²) < 4.78 is 18.1. The van der Waals surface area contributed by atoms with Crippen LogP contribution in [0.4, 0.5) is 4.39 Å². The van der Waals surface area contributed by atoms with Crippen LogP contribution in [0.5, 0.6) is 5.75 Å². The van der Waals surface area contributed by atoms with E-state index in [2.05, 4.69) is 5.32 Å². The monoisotopic (exact) mass is 267 g/mol. The number of carbonyl (C=O) groups excluding carboxylic acids is 1. The van der Waals surface area contributed by atoms with Gasteiger partial charge >= 0.3 is 5.97 Å². The molecule has 1 aliphatic carbocycles. The summed E-state index contributed by atoms with van der Waals surface area (Å²) in [6.45, 7) is 0.470. The zero-order valence-corrected chi connectivity index (χ0v) is 10.1. The Morgan fingerprint density at radius 2 is 2.21 bits per heavy atom. The number of carbonyl (C=O) groups is 2. The van der Waals surface area contributed by atoms with Crippen molar-refractivity contribution >= 4 is 11.9 Å². The molecule has 0 aromatic heterocycles. The maximum Gasteiger partial charge on any atom is 0.307 e. The van der Waals surface area contributed by atoms with Crippen molar-refractivity contribution in [2.45, 2.75) is 6.42 Å². The van der Waals surface area contributed by atoms with Gasteiger partial charge in [-0.15, -0.1) is 0 Å². The second-order valence-electron chi connectivity index (χ2n) is 4.38. The lowest BCUT2D eigenvalue weighted by atomic mass is 10.3. The van der Waals surface area contributed by atoms with Crippen LogP contribution in [0.1, 0.15) is 6.42 Å². The lowest BCUT2D eigenvalue weighted by Gasteiger charge is -2.07. The minimum atomic E-state index is -0.934. The third-order valence-electron chi connectivity index (χ3n) is 2.91. The number of aliphatic carboxylic acids is 1. The van der Waals surface area contributed by atoms with Gasteiger partial charge < -0.3 is 15.2 Å². The quantitative estimate of drug-likeness (QED) is 0.755. The largest absolute Gasteiger partial charge is 0.492 e. The van der Waals surface area contributed by atoms with Gasteiger partial charge in [0.2, 0.25) is 5.91 Å². The Morgan fingerprint density at radius 3 is 2.84 bits per heavy atom. The molecule has 0 spiro atoms. The van der Waals surface area contributed by atoms with Crippen LogP contribution in [0.25, 0.3) is 0 Å². The Hall–Kier alpha value is -2.11. The molecule has 0 saturated heterocycles. The fourth-order valence-corrected chi connectivity index (χ4v) is 1.79. The number of hydrogen-bond acceptors (Lipinski definition) is 3. The molecule has 0 heterocycles. The van der Waals surface area contributed by atoms with Crippen molar-refractivity contribution in [1.29, 1.82) is 0 Å². The SMILES string of the molecule is O=C(O)C1CC1C(=O)NCCOc1cccc(F)c1. The summed E-state index contributed by atoms with van der Waals surface area (Å²) in [5, 5.41) is 11.3. The summed E-state index contributed by atoms with van der Waals surface area (Å²) in [5.41, 5.74) is 0. The molecule has 2 unspecified atom stereocenters. The summed E-state index contributed by atoms with van der Waals surface area (Å²) in [6, 6.07) is 5.72. The van der Waals surface area contributed by atoms with E-state index >= 15 is 0 Å². The van der Waals surface area contributed by atoms with Crippen LogP contribution in [0.3, 0.4) is 0 Å². The van der Waals surface area contributed by atoms with Gasteiger partial charge in [-0.2, -0.15) is 0 Å². The summed E-state index contributed by atoms with van der Waals surface area (Å²) in [7, 11) is 0. The Morgan fingerprint density at radius 1 is 1.42 bits per heavy atom. The summed E-state index contributed by atoms with van der Waals surface area (Å²) in [4.78, 5) is 22.1. The number of rotatable bonds is 6. The van der Waals surface area contributed by atoms with Crippen LogP contribution in [-0.2, 0) is 9.59 Å². The molecule has 1 saturated carbocycles. The van der Waals surface area contributed by atoms with Gasteiger partial charge in [-0.1, -0.05) is 6.07 Å². The Kier molecular flexibility index (Phi) is 3.99. The second kappa shape index (κ2) is 5.69. The van der Waals surface area contributed by atoms with Crippen molar-refractivity contribution in [3.8, 4) is 5.75 Å². The van der Waals surface area contributed by atoms with Crippen LogP contribution in [0.2, 0.25) is 0 Å². The number of carboxylic acids is 1. The van der Waals surface area contributed by atoms with E-state index in [1.165, 1.54) is 18.2 Å². The normalized spacial score (nSPS) is 20.7. The molecule has 19 heavy (non-hydrogen) atoms. The lowest BCUT2D eigenvalue weighted by Crippen LogP contribution is -2.30. The van der Waals surface area contributed by atoms with Gasteiger partial charge in [0.25, 0.3) is 0 Å². The topological polar surface area (TPSA) is 75.6 Å². The Balaban J connectivity index is 1.65. The summed E-state index contributed by atoms with van der Waals surface area (Å²) in [5.74, 6) is -2.17. The predicted octanol–water partition coefficient (Wildman–Crippen LogP) is 1.04. The highest BCUT2D eigenvalue weighted by Gasteiger charge is 2.48. The number of halogens is 1. The molecule has 5 nitrogen and oxygen atoms in total. The molecule has 2 rings (SSSR count). The standard InChI is InChI=1S/C13H14FNO4/c14-8-2-1-3-9(6-8)19-5-4-15-12(16)10-7-11(10)13(17)18/h1-3,6,10-11H,4-5,7H2,(H,15,16)(H,17,18). The molecule has 0 aliphatic heterocycles. The maximum atomic E-state index is 12.8. The maximum absolute atomic E-state index is 12.8. The minimum Gasteiger partial charge on any atom is -0.492 e. The zero-order valence-electron chi connectivity index (χ0n) is 10.1. The van der Waals surface area contributed by atoms with Gasteiger partial charge in [0.15, 0.2) is 0 Å². The summed E-state index contributed by atoms with van der Waals surface area (Å²) >= 11 is 0. The molecule has 0 bridgehead atoms. The molecule has 1 amide bonds. The van der Waals surface area contributed by atoms with E-state index in [4.69, 9.17) is 9.84 Å². The third kappa shape index (κ3) is 3.67. The molecular formula is C13H14FNO4. The van der Waals surface area contributed by atoms with Crippen LogP contribution < -0.4 is 10.1 Å². The van der Waals surface area contributed by atoms with Gasteiger partial charge in [-0.05, 0) is 18.6 Å². The van der Waals surface area contributed by atoms with E-state index in [-0.39, 0.29) is 24.9 Å². The van der Waals surface area contributed by atoms with Crippen LogP contribution in [-0.4, -0.2) is 30.1 Å². The molecule has 2 atom stereocenters. The van der Waals surface area contributed by atoms with Crippen molar-refractivity contribution in [3.63, 3.8) is 0 Å². The van der Waals surface area contributed by atoms with E-state index in [9.17, 15) is 14.0 Å². The highest BCUT2D eigenvalue weighted by molar-refractivity contribution is 5.89. The highest BCUT2D eigenvalue weighted by atomic mass is 19.1. The van der Waals surface area contributed by atoms with E-state index in [0.29, 0.717) is 12.2 Å². The molecule has 1 aromatic rings. The van der Waals surface area contributed by atoms with E-state index in [0.717, 1.165) is 0 Å². The first kappa shape index (κ1) is 13.3. The number of nitrogens with one attached hydrogen (secondary N) is 1. The number of hydrogen-bond donors (Lipinski definition) is 2. The molecule has 2 N–H and O–H groups in total. The lowest BCUT2D eigenvalue weighted by molar-refractivity contribution is -0.140. The smallest absolute Gasteiger partial charge is 0.307 e. The molecule has 102 valence electrons. The van der Waals surface area contributed by atoms with Gasteiger partial charge in [-0.3, -0.25) is 9.59 Å². The van der Waals surface area contributed by atoms with Crippen molar-refractivity contribution < 1.29 is 23.8 Å². The van der Waals surface area contributed by atoms with E-state index in [1.54, 1.807) is 6.07 Å². The Bertz CT molecular complexity index is 491. The molecule has 1 aliphatic rings. The number of benzene rings is 1. The first-order chi connectivity index (χ1) is 9.08. The van der Waals surface area contributed by atoms with Crippen LogP contribution in [0, 0.1) is 17.7 Å². The summed E-state index contributed by atoms with van der Waals surface area (Å²) in [6.07, 6.45) is 0.395. The van der Waals surface area contributed by atoms with Gasteiger partial charge in [0.05, 0.1) is 18.4 Å². The number of carboxylic acid groups (broad SMARTS) is 1. The van der Waals surface area contributed by atoms with Crippen molar-refractivity contribution in [2.75, 3.05) is 13.2 Å². The number of amides is 1. The minimum absolute atomic E-state index is 0.208. The molecule has 6 heteroatoms. The predicted molar refractivity (Wildman–Crippen MR) is 64.1 cm³/mol. The molecule has 0 radical (unpaired) electrons. The van der Waals surface area contributed by atoms with Crippen LogP contribution >= 0.6 is 0 Å². The number of ether oxygens (including phenoxy) is 1. The fraction of sp³-hybridized carbons (Fsp3) is 0.385. The first-order valence-electron chi connectivity index (χ1n) is 5.97. The van der Waals surface area contributed by atoms with Crippen molar-refractivity contribution in [3.05, 3.63) is 30.1 Å². The average Bonchev–Trinajstić information content (AvgIpc) is 3.15. The van der Waals surface area contributed by atoms with Gasteiger partial charge in [0, 0.05) is 6.07 Å². The van der Waals surface area contributed by atoms with E-state index in [1.807, 2.05) is 0 Å². The Labute approximate surface area is 109 Å². The fourth-order valence-electron chi connectivity index (χ4n) is 1.79. The average molecular weight is 267 g/mol. The third-order valence-corrected chi connectivity index (χ3v) is 2.91. The zero-order chi connectivity index (χ0) is 13.8. The van der Waals surface area contributed by atoms with Crippen LogP contribution in [0.15, 0.2) is 24.3 Å². The van der Waals surface area contributed by atoms with Crippen molar-refractivity contribution in [2.24, 2.45) is 11.8 Å². The highest BCUT2D eigenvalue weighted by Crippen LogP contribution is 2.38. The van der Waals surface area contributed by atoms with Crippen molar-refractivity contribution in [1.82, 2.24) is 5.32 Å².